The molecule has 2 rings (SSSR count). The van der Waals surface area contributed by atoms with Crippen LogP contribution in [0.3, 0.4) is 0 Å². The largest absolute Gasteiger partial charge is 0.481 e. The van der Waals surface area contributed by atoms with Gasteiger partial charge in [-0.25, -0.2) is 0 Å². The summed E-state index contributed by atoms with van der Waals surface area (Å²) < 4.78 is 0. The number of aliphatic carboxylic acids is 2. The van der Waals surface area contributed by atoms with Gasteiger partial charge in [0, 0.05) is 13.0 Å². The zero-order valence-corrected chi connectivity index (χ0v) is 38.9. The fraction of sp³-hybridized carbons (Fsp3) is 0.636. The Kier molecular flexibility index (Phi) is 24.4. The summed E-state index contributed by atoms with van der Waals surface area (Å²) in [6.45, 7) is 7.35. The molecule has 1 saturated heterocycles. The molecule has 0 aliphatic carbocycles. The van der Waals surface area contributed by atoms with E-state index in [1.807, 2.05) is 0 Å². The maximum absolute atomic E-state index is 14.1. The van der Waals surface area contributed by atoms with Gasteiger partial charge in [-0.15, -0.1) is 0 Å². The molecule has 0 radical (unpaired) electrons. The minimum absolute atomic E-state index is 0.0379. The lowest BCUT2D eigenvalue weighted by Crippen LogP contribution is -2.62. The molecule has 0 aromatic heterocycles. The van der Waals surface area contributed by atoms with Crippen LogP contribution in [0.2, 0.25) is 0 Å². The molecule has 1 fully saturated rings. The molecule has 23 heteroatoms. The van der Waals surface area contributed by atoms with Crippen molar-refractivity contribution in [2.45, 2.75) is 141 Å². The molecular formula is C44H70N10O13. The number of carbonyl (C=O) groups excluding carboxylic acids is 8. The summed E-state index contributed by atoms with van der Waals surface area (Å²) >= 11 is 0. The molecule has 0 saturated carbocycles. The zero-order chi connectivity index (χ0) is 50.4. The van der Waals surface area contributed by atoms with Gasteiger partial charge in [-0.1, -0.05) is 64.4 Å². The lowest BCUT2D eigenvalue weighted by molar-refractivity contribution is -0.146. The fourth-order valence-electron chi connectivity index (χ4n) is 7.34. The molecule has 8 amide bonds. The van der Waals surface area contributed by atoms with Crippen molar-refractivity contribution in [3.63, 3.8) is 0 Å². The number of aliphatic hydroxyl groups excluding tert-OH is 1. The van der Waals surface area contributed by atoms with Crippen LogP contribution < -0.4 is 48.7 Å². The molecule has 374 valence electrons. The van der Waals surface area contributed by atoms with Gasteiger partial charge in [0.15, 0.2) is 0 Å². The summed E-state index contributed by atoms with van der Waals surface area (Å²) in [6, 6.07) is -0.970. The number of carboxylic acids is 2. The number of benzene rings is 1. The number of carbonyl (C=O) groups is 10. The molecule has 1 aromatic rings. The van der Waals surface area contributed by atoms with Gasteiger partial charge in [0.25, 0.3) is 0 Å². The third-order valence-corrected chi connectivity index (χ3v) is 11.1. The summed E-state index contributed by atoms with van der Waals surface area (Å²) in [6.07, 6.45) is -0.640. The Hall–Kier alpha value is -6.20. The summed E-state index contributed by atoms with van der Waals surface area (Å²) in [5.41, 5.74) is 11.7. The number of hydrogen-bond donors (Lipinski definition) is 12. The lowest BCUT2D eigenvalue weighted by Gasteiger charge is -2.31. The number of aliphatic hydroxyl groups is 1. The normalized spacial score (nSPS) is 17.0. The maximum Gasteiger partial charge on any atom is 0.322 e. The van der Waals surface area contributed by atoms with Crippen LogP contribution in [0.1, 0.15) is 91.5 Å². The van der Waals surface area contributed by atoms with Crippen LogP contribution in [0.25, 0.3) is 0 Å². The van der Waals surface area contributed by atoms with Crippen molar-refractivity contribution >= 4 is 59.2 Å². The van der Waals surface area contributed by atoms with E-state index in [2.05, 4.69) is 37.2 Å². The van der Waals surface area contributed by atoms with E-state index in [1.165, 1.54) is 6.92 Å². The molecule has 14 N–H and O–H groups in total. The monoisotopic (exact) mass is 947 g/mol. The summed E-state index contributed by atoms with van der Waals surface area (Å²) in [4.78, 5) is 132. The van der Waals surface area contributed by atoms with Gasteiger partial charge in [-0.2, -0.15) is 0 Å². The number of likely N-dealkylation sites (tertiary alicyclic amines) is 1. The van der Waals surface area contributed by atoms with Crippen molar-refractivity contribution < 1.29 is 63.3 Å². The van der Waals surface area contributed by atoms with Crippen molar-refractivity contribution in [2.75, 3.05) is 26.2 Å². The van der Waals surface area contributed by atoms with Crippen molar-refractivity contribution in [3.8, 4) is 0 Å². The van der Waals surface area contributed by atoms with Gasteiger partial charge in [0.1, 0.15) is 48.8 Å². The first kappa shape index (κ1) is 56.9. The number of nitrogens with zero attached hydrogens (tertiary/aromatic N) is 1. The highest BCUT2D eigenvalue weighted by molar-refractivity contribution is 5.99. The van der Waals surface area contributed by atoms with Crippen molar-refractivity contribution in [2.24, 2.45) is 23.3 Å². The lowest BCUT2D eigenvalue weighted by atomic mass is 9.97. The predicted octanol–water partition coefficient (Wildman–Crippen LogP) is -2.63. The van der Waals surface area contributed by atoms with Crippen LogP contribution in [0, 0.1) is 11.8 Å². The molecular weight excluding hydrogens is 877 g/mol. The van der Waals surface area contributed by atoms with Gasteiger partial charge in [-0.3, -0.25) is 47.9 Å². The van der Waals surface area contributed by atoms with E-state index in [-0.39, 0.29) is 44.6 Å². The predicted molar refractivity (Wildman–Crippen MR) is 242 cm³/mol. The smallest absolute Gasteiger partial charge is 0.322 e. The molecule has 23 nitrogen and oxygen atoms in total. The minimum Gasteiger partial charge on any atom is -0.481 e. The van der Waals surface area contributed by atoms with E-state index >= 15 is 0 Å². The van der Waals surface area contributed by atoms with Gasteiger partial charge >= 0.3 is 11.9 Å². The molecule has 1 aromatic carbocycles. The molecule has 1 aliphatic heterocycles. The van der Waals surface area contributed by atoms with Crippen LogP contribution in [-0.2, 0) is 54.4 Å². The molecule has 9 atom stereocenters. The Morgan fingerprint density at radius 3 is 1.90 bits per heavy atom. The van der Waals surface area contributed by atoms with Gasteiger partial charge in [-0.05, 0) is 69.4 Å². The Morgan fingerprint density at radius 2 is 1.33 bits per heavy atom. The second kappa shape index (κ2) is 28.8. The van der Waals surface area contributed by atoms with Crippen LogP contribution in [0.15, 0.2) is 30.3 Å². The van der Waals surface area contributed by atoms with Crippen LogP contribution in [0.4, 0.5) is 0 Å². The highest BCUT2D eigenvalue weighted by Gasteiger charge is 2.41. The molecule has 1 aliphatic rings. The highest BCUT2D eigenvalue weighted by Crippen LogP contribution is 2.21. The van der Waals surface area contributed by atoms with E-state index in [4.69, 9.17) is 16.6 Å². The van der Waals surface area contributed by atoms with E-state index in [9.17, 15) is 58.2 Å². The van der Waals surface area contributed by atoms with Crippen molar-refractivity contribution in [1.82, 2.24) is 42.1 Å². The van der Waals surface area contributed by atoms with E-state index in [0.717, 1.165) is 4.90 Å². The first-order valence-corrected chi connectivity index (χ1v) is 22.6. The van der Waals surface area contributed by atoms with Gasteiger partial charge in [0.05, 0.1) is 19.1 Å². The van der Waals surface area contributed by atoms with E-state index in [0.29, 0.717) is 31.4 Å². The second-order valence-electron chi connectivity index (χ2n) is 17.1. The maximum atomic E-state index is 14.1. The summed E-state index contributed by atoms with van der Waals surface area (Å²) in [7, 11) is 0. The Balaban J connectivity index is 2.37. The first-order chi connectivity index (χ1) is 31.6. The second-order valence-corrected chi connectivity index (χ2v) is 17.1. The van der Waals surface area contributed by atoms with E-state index in [1.54, 1.807) is 58.0 Å². The number of hydrogen-bond acceptors (Lipinski definition) is 13. The van der Waals surface area contributed by atoms with Crippen LogP contribution in [-0.4, -0.2) is 154 Å². The number of amides is 8. The number of unbranched alkanes of at least 4 members (excludes halogenated alkanes) is 1. The third-order valence-electron chi connectivity index (χ3n) is 11.1. The Labute approximate surface area is 390 Å². The summed E-state index contributed by atoms with van der Waals surface area (Å²) in [5, 5.41) is 46.9. The average Bonchev–Trinajstić information content (AvgIpc) is 3.77. The average molecular weight is 947 g/mol. The molecule has 1 heterocycles. The number of rotatable bonds is 29. The molecule has 0 bridgehead atoms. The first-order valence-electron chi connectivity index (χ1n) is 22.6. The highest BCUT2D eigenvalue weighted by atomic mass is 16.4. The molecule has 67 heavy (non-hydrogen) atoms. The topological polar surface area (TPSA) is 371 Å². The summed E-state index contributed by atoms with van der Waals surface area (Å²) in [5.74, 6) is -10.1. The van der Waals surface area contributed by atoms with Crippen LogP contribution in [0.5, 0.6) is 0 Å². The van der Waals surface area contributed by atoms with Crippen molar-refractivity contribution in [1.29, 1.82) is 0 Å². The standard InChI is InChI=1S/C44H70N10O13/c1-6-25(4)36(52-33(56)22-46)42(65)53-37(26(5)55)43(66)51-31(21-34(57)58)44(67)54-18-12-16-32(54)41(64)50-29(19-24(2)3)39(62)49-30(20-27-13-8-7-9-14-27)40(63)48-28(15-10-11-17-45)38(61)47-23-35(59)60/h7-9,13-14,24-26,28-32,36-37,55H,6,10-12,15-23,45-46H2,1-5H3,(H,47,61)(H,48,63)(H,49,62)(H,50,64)(H,51,66)(H,52,56)(H,53,65)(H,57,58)(H,59,60)/t25-,26+,28-,29-,30-,31-,32-,36-,37-/m0/s1. The van der Waals surface area contributed by atoms with E-state index < -0.39 is 133 Å². The molecule has 0 spiro atoms. The Bertz CT molecular complexity index is 1870. The van der Waals surface area contributed by atoms with Gasteiger partial charge < -0.3 is 68.9 Å². The van der Waals surface area contributed by atoms with Gasteiger partial charge in [0.2, 0.25) is 47.3 Å². The fourth-order valence-corrected chi connectivity index (χ4v) is 7.34. The van der Waals surface area contributed by atoms with Crippen LogP contribution >= 0.6 is 0 Å². The minimum atomic E-state index is -1.78. The zero-order valence-electron chi connectivity index (χ0n) is 38.9. The number of nitrogens with one attached hydrogen (secondary N) is 7. The molecule has 0 unspecified atom stereocenters. The number of carboxylic acid groups (broad SMARTS) is 2. The quantitative estimate of drug-likeness (QED) is 0.0366. The van der Waals surface area contributed by atoms with Crippen molar-refractivity contribution in [3.05, 3.63) is 35.9 Å². The Morgan fingerprint density at radius 1 is 0.716 bits per heavy atom. The third kappa shape index (κ3) is 19.3. The SMILES string of the molecule is CC[C@H](C)[C@H](NC(=O)CN)C(=O)N[C@H](C(=O)N[C@@H](CC(=O)O)C(=O)N1CCC[C@H]1C(=O)N[C@@H](CC(C)C)C(=O)N[C@@H](Cc1ccccc1)C(=O)N[C@@H](CCCCN)C(=O)NCC(=O)O)[C@@H](C)O. The number of nitrogens with two attached hydrogens (primary N) is 2.